The lowest BCUT2D eigenvalue weighted by Crippen LogP contribution is -2.61. The van der Waals surface area contributed by atoms with Crippen LogP contribution in [0.15, 0.2) is 35.5 Å². The van der Waals surface area contributed by atoms with Gasteiger partial charge in [0.1, 0.15) is 16.3 Å². The van der Waals surface area contributed by atoms with Crippen molar-refractivity contribution in [2.75, 3.05) is 18.8 Å². The highest BCUT2D eigenvalue weighted by atomic mass is 35.5. The highest BCUT2D eigenvalue weighted by molar-refractivity contribution is 7.72. The molecule has 37 heavy (non-hydrogen) atoms. The van der Waals surface area contributed by atoms with Crippen LogP contribution in [0.1, 0.15) is 35.1 Å². The van der Waals surface area contributed by atoms with Crippen molar-refractivity contribution in [2.45, 2.75) is 36.8 Å². The van der Waals surface area contributed by atoms with Crippen molar-refractivity contribution < 1.29 is 40.3 Å². The van der Waals surface area contributed by atoms with E-state index in [4.69, 9.17) is 32.8 Å². The zero-order valence-corrected chi connectivity index (χ0v) is 21.2. The first-order chi connectivity index (χ1) is 17.3. The molecule has 0 radical (unpaired) electrons. The van der Waals surface area contributed by atoms with E-state index in [0.29, 0.717) is 5.56 Å². The van der Waals surface area contributed by atoms with E-state index in [1.807, 2.05) is 0 Å². The Hall–Kier alpha value is -2.41. The largest absolute Gasteiger partial charge is 0.435 e. The van der Waals surface area contributed by atoms with E-state index in [1.165, 1.54) is 4.90 Å². The van der Waals surface area contributed by atoms with Crippen molar-refractivity contribution in [2.24, 2.45) is 5.16 Å². The standard InChI is InChI=1S/C23H18Cl2F4N2O5S/c24-16-6-14(7-17(25)20(16)26)22(23(27,28)29)8-18(30-36-22)12-1-2-15-13(5-12)9-35-21(15)10-31(11-21)19(32)3-4-37(33)34/h1-2,5-7,37H,3-4,8-11H2/t22-/m0/s1. The molecule has 5 rings (SSSR count). The van der Waals surface area contributed by atoms with Crippen molar-refractivity contribution in [3.8, 4) is 0 Å². The molecule has 1 saturated heterocycles. The van der Waals surface area contributed by atoms with Gasteiger partial charge < -0.3 is 14.5 Å². The van der Waals surface area contributed by atoms with Gasteiger partial charge in [0.2, 0.25) is 5.91 Å². The van der Waals surface area contributed by atoms with Gasteiger partial charge in [0.05, 0.1) is 41.2 Å². The van der Waals surface area contributed by atoms with Crippen LogP contribution in [0.2, 0.25) is 10.0 Å². The van der Waals surface area contributed by atoms with E-state index < -0.39 is 55.9 Å². The first-order valence-electron chi connectivity index (χ1n) is 11.0. The van der Waals surface area contributed by atoms with E-state index in [-0.39, 0.29) is 43.5 Å². The predicted octanol–water partition coefficient (Wildman–Crippen LogP) is 4.28. The molecule has 1 spiro atoms. The number of halogens is 6. The molecule has 198 valence electrons. The minimum atomic E-state index is -4.92. The molecule has 0 N–H and O–H groups in total. The molecule has 7 nitrogen and oxygen atoms in total. The van der Waals surface area contributed by atoms with Crippen LogP contribution in [0.4, 0.5) is 17.6 Å². The van der Waals surface area contributed by atoms with Crippen molar-refractivity contribution in [3.05, 3.63) is 68.4 Å². The Morgan fingerprint density at radius 3 is 2.43 bits per heavy atom. The van der Waals surface area contributed by atoms with Crippen LogP contribution in [0.5, 0.6) is 0 Å². The summed E-state index contributed by atoms with van der Waals surface area (Å²) in [6.07, 6.45) is -5.72. The Morgan fingerprint density at radius 1 is 1.14 bits per heavy atom. The van der Waals surface area contributed by atoms with Gasteiger partial charge >= 0.3 is 6.18 Å². The molecule has 1 amide bonds. The number of carbonyl (C=O) groups is 1. The van der Waals surface area contributed by atoms with Gasteiger partial charge in [-0.05, 0) is 34.9 Å². The molecule has 1 atom stereocenters. The molecular weight excluding hydrogens is 563 g/mol. The van der Waals surface area contributed by atoms with Gasteiger partial charge in [0, 0.05) is 18.4 Å². The van der Waals surface area contributed by atoms with Gasteiger partial charge in [-0.25, -0.2) is 12.8 Å². The minimum Gasteiger partial charge on any atom is -0.374 e. The third kappa shape index (κ3) is 4.37. The molecule has 0 aliphatic carbocycles. The predicted molar refractivity (Wildman–Crippen MR) is 126 cm³/mol. The number of nitrogens with zero attached hydrogens (tertiary/aromatic N) is 2. The number of alkyl halides is 3. The zero-order chi connectivity index (χ0) is 26.8. The summed E-state index contributed by atoms with van der Waals surface area (Å²) in [5, 5.41) is 2.58. The topological polar surface area (TPSA) is 85.3 Å². The highest BCUT2D eigenvalue weighted by Crippen LogP contribution is 2.50. The molecule has 2 aromatic carbocycles. The van der Waals surface area contributed by atoms with Gasteiger partial charge in [-0.15, -0.1) is 0 Å². The van der Waals surface area contributed by atoms with E-state index in [2.05, 4.69) is 5.16 Å². The summed E-state index contributed by atoms with van der Waals surface area (Å²) in [5.74, 6) is -1.55. The Balaban J connectivity index is 1.36. The maximum atomic E-state index is 14.3. The Kier molecular flexibility index (Phi) is 6.45. The number of ether oxygens (including phenoxy) is 1. The van der Waals surface area contributed by atoms with Crippen molar-refractivity contribution >= 4 is 45.5 Å². The Bertz CT molecular complexity index is 1380. The molecule has 3 heterocycles. The lowest BCUT2D eigenvalue weighted by molar-refractivity contribution is -0.275. The van der Waals surface area contributed by atoms with Crippen molar-refractivity contribution in [1.82, 2.24) is 4.90 Å². The number of hydrogen-bond donors (Lipinski definition) is 1. The normalized spacial score (nSPS) is 22.1. The number of likely N-dealkylation sites (tertiary alicyclic amines) is 1. The number of benzene rings is 2. The van der Waals surface area contributed by atoms with Gasteiger partial charge in [0.15, 0.2) is 5.82 Å². The highest BCUT2D eigenvalue weighted by Gasteiger charge is 2.62. The van der Waals surface area contributed by atoms with E-state index in [0.717, 1.165) is 23.3 Å². The maximum Gasteiger partial charge on any atom is 0.435 e. The van der Waals surface area contributed by atoms with Crippen molar-refractivity contribution in [3.63, 3.8) is 0 Å². The number of rotatable bonds is 5. The summed E-state index contributed by atoms with van der Waals surface area (Å²) >= 11 is 11.5. The van der Waals surface area contributed by atoms with Gasteiger partial charge in [-0.1, -0.05) is 40.5 Å². The molecule has 0 saturated carbocycles. The third-order valence-electron chi connectivity index (χ3n) is 6.82. The van der Waals surface area contributed by atoms with E-state index >= 15 is 0 Å². The number of hydrogen-bond acceptors (Lipinski definition) is 6. The van der Waals surface area contributed by atoms with Crippen LogP contribution < -0.4 is 0 Å². The van der Waals surface area contributed by atoms with Crippen LogP contribution in [-0.2, 0) is 42.9 Å². The zero-order valence-electron chi connectivity index (χ0n) is 18.8. The molecule has 0 unspecified atom stereocenters. The lowest BCUT2D eigenvalue weighted by Gasteiger charge is -2.47. The van der Waals surface area contributed by atoms with Crippen LogP contribution in [-0.4, -0.2) is 50.0 Å². The molecule has 0 aromatic heterocycles. The molecular formula is C23H18Cl2F4N2O5S. The second-order valence-corrected chi connectivity index (χ2v) is 11.0. The number of fused-ring (bicyclic) bond motifs is 2. The van der Waals surface area contributed by atoms with E-state index in [9.17, 15) is 30.8 Å². The fraction of sp³-hybridized carbons (Fsp3) is 0.391. The van der Waals surface area contributed by atoms with Gasteiger partial charge in [0.25, 0.3) is 5.60 Å². The molecule has 0 bridgehead atoms. The van der Waals surface area contributed by atoms with Crippen LogP contribution in [0.25, 0.3) is 0 Å². The maximum absolute atomic E-state index is 14.3. The Labute approximate surface area is 219 Å². The second kappa shape index (κ2) is 9.11. The van der Waals surface area contributed by atoms with Crippen LogP contribution >= 0.6 is 23.2 Å². The molecule has 1 fully saturated rings. The summed E-state index contributed by atoms with van der Waals surface area (Å²) in [4.78, 5) is 18.7. The summed E-state index contributed by atoms with van der Waals surface area (Å²) in [7, 11) is -2.64. The fourth-order valence-corrected chi connectivity index (χ4v) is 5.69. The van der Waals surface area contributed by atoms with Gasteiger partial charge in [-0.2, -0.15) is 13.2 Å². The summed E-state index contributed by atoms with van der Waals surface area (Å²) in [5.41, 5.74) is -2.18. The first-order valence-corrected chi connectivity index (χ1v) is 13.1. The second-order valence-electron chi connectivity index (χ2n) is 9.10. The Morgan fingerprint density at radius 2 is 1.81 bits per heavy atom. The van der Waals surface area contributed by atoms with E-state index in [1.54, 1.807) is 18.2 Å². The molecule has 2 aromatic rings. The number of oxime groups is 1. The van der Waals surface area contributed by atoms with Gasteiger partial charge in [-0.3, -0.25) is 4.79 Å². The lowest BCUT2D eigenvalue weighted by atomic mass is 9.83. The van der Waals surface area contributed by atoms with Crippen molar-refractivity contribution in [1.29, 1.82) is 0 Å². The smallest absolute Gasteiger partial charge is 0.374 e. The quantitative estimate of drug-likeness (QED) is 0.324. The SMILES string of the molecule is O=C(CC[SH](=O)=O)N1CC2(C1)OCc1cc(C3=NO[C@@](c4cc(Cl)c(F)c(Cl)c4)(C(F)(F)F)C3)ccc12. The molecule has 3 aliphatic heterocycles. The average molecular weight is 581 g/mol. The van der Waals surface area contributed by atoms with Crippen LogP contribution in [0, 0.1) is 5.82 Å². The number of amides is 1. The molecule has 14 heteroatoms. The summed E-state index contributed by atoms with van der Waals surface area (Å²) in [6, 6.07) is 6.63. The number of thiol groups is 1. The molecule has 3 aliphatic rings. The average Bonchev–Trinajstić information content (AvgIpc) is 3.42. The number of carbonyl (C=O) groups excluding carboxylic acids is 1. The summed E-state index contributed by atoms with van der Waals surface area (Å²) < 4.78 is 84.1. The minimum absolute atomic E-state index is 0.0229. The fourth-order valence-electron chi connectivity index (χ4n) is 4.83. The monoisotopic (exact) mass is 580 g/mol. The first kappa shape index (κ1) is 26.2. The summed E-state index contributed by atoms with van der Waals surface area (Å²) in [6.45, 7) is 0.682. The third-order valence-corrected chi connectivity index (χ3v) is 7.96. The van der Waals surface area contributed by atoms with Crippen LogP contribution in [0.3, 0.4) is 0 Å².